The molecule has 0 fully saturated rings. The fourth-order valence-corrected chi connectivity index (χ4v) is 2.83. The van der Waals surface area contributed by atoms with E-state index in [1.54, 1.807) is 24.3 Å². The van der Waals surface area contributed by atoms with E-state index in [9.17, 15) is 19.2 Å². The van der Waals surface area contributed by atoms with Gasteiger partial charge in [0.2, 0.25) is 5.91 Å². The van der Waals surface area contributed by atoms with Crippen molar-refractivity contribution in [3.8, 4) is 5.75 Å². The van der Waals surface area contributed by atoms with Gasteiger partial charge in [0.15, 0.2) is 6.61 Å². The summed E-state index contributed by atoms with van der Waals surface area (Å²) in [5.74, 6) is -0.801. The number of nitrogens with one attached hydrogen (secondary N) is 3. The van der Waals surface area contributed by atoms with Crippen molar-refractivity contribution in [2.75, 3.05) is 30.9 Å². The fourth-order valence-electron chi connectivity index (χ4n) is 2.83. The number of amides is 3. The summed E-state index contributed by atoms with van der Waals surface area (Å²) in [6.07, 6.45) is 1.05. The number of carbonyl (C=O) groups excluding carboxylic acids is 4. The maximum Gasteiger partial charge on any atom is 0.325 e. The van der Waals surface area contributed by atoms with Gasteiger partial charge in [-0.2, -0.15) is 0 Å². The molecule has 3 amide bonds. The Labute approximate surface area is 172 Å². The van der Waals surface area contributed by atoms with Gasteiger partial charge in [0.05, 0.1) is 7.11 Å². The van der Waals surface area contributed by atoms with Crippen molar-refractivity contribution in [1.82, 2.24) is 5.32 Å². The molecule has 30 heavy (non-hydrogen) atoms. The molecule has 0 aromatic heterocycles. The third-order valence-electron chi connectivity index (χ3n) is 4.39. The van der Waals surface area contributed by atoms with Gasteiger partial charge in [-0.1, -0.05) is 0 Å². The van der Waals surface area contributed by atoms with Crippen molar-refractivity contribution in [2.45, 2.75) is 12.8 Å². The van der Waals surface area contributed by atoms with Crippen LogP contribution in [0.25, 0.3) is 0 Å². The smallest absolute Gasteiger partial charge is 0.325 e. The SMILES string of the molecule is COC(=O)CNC(=O)c1ccc(NC(=O)COc2ccc3c(c2)CCC(=O)N3)cc1. The maximum atomic E-state index is 12.1. The van der Waals surface area contributed by atoms with Crippen LogP contribution in [0.5, 0.6) is 5.75 Å². The van der Waals surface area contributed by atoms with E-state index in [0.717, 1.165) is 11.3 Å². The van der Waals surface area contributed by atoms with E-state index in [-0.39, 0.29) is 25.0 Å². The molecule has 1 aliphatic heterocycles. The van der Waals surface area contributed by atoms with Gasteiger partial charge in [-0.05, 0) is 54.4 Å². The quantitative estimate of drug-likeness (QED) is 0.594. The zero-order valence-corrected chi connectivity index (χ0v) is 16.3. The van der Waals surface area contributed by atoms with Gasteiger partial charge in [0, 0.05) is 23.4 Å². The normalized spacial score (nSPS) is 12.2. The molecule has 0 spiro atoms. The highest BCUT2D eigenvalue weighted by Crippen LogP contribution is 2.26. The Morgan fingerprint density at radius 3 is 2.57 bits per heavy atom. The molecule has 2 aromatic carbocycles. The van der Waals surface area contributed by atoms with E-state index in [1.165, 1.54) is 19.2 Å². The first-order valence-electron chi connectivity index (χ1n) is 9.25. The van der Waals surface area contributed by atoms with E-state index < -0.39 is 11.9 Å². The number of hydrogen-bond acceptors (Lipinski definition) is 6. The number of ether oxygens (including phenoxy) is 2. The zero-order chi connectivity index (χ0) is 21.5. The van der Waals surface area contributed by atoms with Crippen LogP contribution in [0.2, 0.25) is 0 Å². The molecular weight excluding hydrogens is 390 g/mol. The number of benzene rings is 2. The lowest BCUT2D eigenvalue weighted by molar-refractivity contribution is -0.139. The second-order valence-corrected chi connectivity index (χ2v) is 6.54. The van der Waals surface area contributed by atoms with E-state index in [2.05, 4.69) is 20.7 Å². The van der Waals surface area contributed by atoms with Gasteiger partial charge in [0.25, 0.3) is 11.8 Å². The first kappa shape index (κ1) is 20.8. The first-order valence-corrected chi connectivity index (χ1v) is 9.25. The Bertz CT molecular complexity index is 971. The minimum Gasteiger partial charge on any atom is -0.484 e. The predicted octanol–water partition coefficient (Wildman–Crippen LogP) is 1.49. The van der Waals surface area contributed by atoms with E-state index in [4.69, 9.17) is 4.74 Å². The molecule has 3 N–H and O–H groups in total. The van der Waals surface area contributed by atoms with Crippen molar-refractivity contribution < 1.29 is 28.7 Å². The summed E-state index contributed by atoms with van der Waals surface area (Å²) < 4.78 is 9.98. The number of esters is 1. The van der Waals surface area contributed by atoms with Crippen molar-refractivity contribution in [3.05, 3.63) is 53.6 Å². The Morgan fingerprint density at radius 1 is 1.07 bits per heavy atom. The third-order valence-corrected chi connectivity index (χ3v) is 4.39. The first-order chi connectivity index (χ1) is 14.4. The molecule has 0 aliphatic carbocycles. The van der Waals surface area contributed by atoms with Crippen LogP contribution in [0.1, 0.15) is 22.3 Å². The maximum absolute atomic E-state index is 12.1. The topological polar surface area (TPSA) is 123 Å². The number of methoxy groups -OCH3 is 1. The van der Waals surface area contributed by atoms with E-state index in [1.807, 2.05) is 6.07 Å². The number of carbonyl (C=O) groups is 4. The summed E-state index contributed by atoms with van der Waals surface area (Å²) in [6.45, 7) is -0.410. The monoisotopic (exact) mass is 411 g/mol. The average Bonchev–Trinajstić information content (AvgIpc) is 2.76. The van der Waals surface area contributed by atoms with Crippen LogP contribution >= 0.6 is 0 Å². The van der Waals surface area contributed by atoms with Gasteiger partial charge < -0.3 is 25.4 Å². The number of anilines is 2. The molecule has 0 atom stereocenters. The Kier molecular flexibility index (Phi) is 6.63. The molecule has 0 unspecified atom stereocenters. The summed E-state index contributed by atoms with van der Waals surface area (Å²) in [5.41, 5.74) is 2.57. The van der Waals surface area contributed by atoms with Gasteiger partial charge in [0.1, 0.15) is 12.3 Å². The highest BCUT2D eigenvalue weighted by Gasteiger charge is 2.15. The highest BCUT2D eigenvalue weighted by atomic mass is 16.5. The van der Waals surface area contributed by atoms with Crippen LogP contribution < -0.4 is 20.7 Å². The van der Waals surface area contributed by atoms with Gasteiger partial charge in [-0.25, -0.2) is 0 Å². The molecular formula is C21H21N3O6. The minimum atomic E-state index is -0.545. The van der Waals surface area contributed by atoms with Gasteiger partial charge >= 0.3 is 5.97 Å². The third kappa shape index (κ3) is 5.57. The number of aryl methyl sites for hydroxylation is 1. The molecule has 3 rings (SSSR count). The molecule has 0 saturated carbocycles. The van der Waals surface area contributed by atoms with Crippen LogP contribution in [-0.2, 0) is 25.5 Å². The van der Waals surface area contributed by atoms with E-state index in [0.29, 0.717) is 29.8 Å². The van der Waals surface area contributed by atoms with Crippen molar-refractivity contribution >= 4 is 35.1 Å². The summed E-state index contributed by atoms with van der Waals surface area (Å²) in [7, 11) is 1.24. The van der Waals surface area contributed by atoms with Crippen LogP contribution in [0.4, 0.5) is 11.4 Å². The fraction of sp³-hybridized carbons (Fsp3) is 0.238. The Hall–Kier alpha value is -3.88. The second-order valence-electron chi connectivity index (χ2n) is 6.54. The zero-order valence-electron chi connectivity index (χ0n) is 16.3. The largest absolute Gasteiger partial charge is 0.484 e. The molecule has 1 heterocycles. The molecule has 9 nitrogen and oxygen atoms in total. The number of hydrogen-bond donors (Lipinski definition) is 3. The summed E-state index contributed by atoms with van der Waals surface area (Å²) in [5, 5.41) is 7.90. The van der Waals surface area contributed by atoms with Gasteiger partial charge in [-0.15, -0.1) is 0 Å². The lowest BCUT2D eigenvalue weighted by atomic mass is 10.0. The second kappa shape index (κ2) is 9.55. The lowest BCUT2D eigenvalue weighted by Gasteiger charge is -2.17. The minimum absolute atomic E-state index is 0.0116. The van der Waals surface area contributed by atoms with Crippen LogP contribution in [-0.4, -0.2) is 44.0 Å². The highest BCUT2D eigenvalue weighted by molar-refractivity contribution is 5.97. The average molecular weight is 411 g/mol. The molecule has 0 radical (unpaired) electrons. The van der Waals surface area contributed by atoms with Crippen LogP contribution in [0, 0.1) is 0 Å². The predicted molar refractivity (Wildman–Crippen MR) is 108 cm³/mol. The van der Waals surface area contributed by atoms with Gasteiger partial charge in [-0.3, -0.25) is 19.2 Å². The molecule has 2 aromatic rings. The standard InChI is InChI=1S/C21H21N3O6/c1-29-20(27)11-22-21(28)13-2-5-15(6-3-13)23-19(26)12-30-16-7-8-17-14(10-16)4-9-18(25)24-17/h2-3,5-8,10H,4,9,11-12H2,1H3,(H,22,28)(H,23,26)(H,24,25). The van der Waals surface area contributed by atoms with Crippen LogP contribution in [0.3, 0.4) is 0 Å². The van der Waals surface area contributed by atoms with Crippen molar-refractivity contribution in [2.24, 2.45) is 0 Å². The Morgan fingerprint density at radius 2 is 1.83 bits per heavy atom. The van der Waals surface area contributed by atoms with E-state index >= 15 is 0 Å². The Balaban J connectivity index is 1.48. The molecule has 156 valence electrons. The molecule has 1 aliphatic rings. The molecule has 0 bridgehead atoms. The summed E-state index contributed by atoms with van der Waals surface area (Å²) in [6, 6.07) is 11.5. The summed E-state index contributed by atoms with van der Waals surface area (Å²) >= 11 is 0. The lowest BCUT2D eigenvalue weighted by Crippen LogP contribution is -2.30. The van der Waals surface area contributed by atoms with Crippen LogP contribution in [0.15, 0.2) is 42.5 Å². The molecule has 0 saturated heterocycles. The molecule has 9 heteroatoms. The number of fused-ring (bicyclic) bond motifs is 1. The van der Waals surface area contributed by atoms with Crippen molar-refractivity contribution in [1.29, 1.82) is 0 Å². The summed E-state index contributed by atoms with van der Waals surface area (Å²) in [4.78, 5) is 46.5. The van der Waals surface area contributed by atoms with Crippen molar-refractivity contribution in [3.63, 3.8) is 0 Å². The number of rotatable bonds is 7.